The van der Waals surface area contributed by atoms with Gasteiger partial charge in [0.1, 0.15) is 5.82 Å². The van der Waals surface area contributed by atoms with Crippen LogP contribution in [0.4, 0.5) is 4.39 Å². The summed E-state index contributed by atoms with van der Waals surface area (Å²) in [6.07, 6.45) is 0.250. The average molecular weight is 379 g/mol. The van der Waals surface area contributed by atoms with Gasteiger partial charge in [0.2, 0.25) is 0 Å². The topological polar surface area (TPSA) is 47.4 Å². The molecule has 4 rings (SSSR count). The van der Waals surface area contributed by atoms with Gasteiger partial charge >= 0.3 is 0 Å². The Bertz CT molecular complexity index is 949. The van der Waals surface area contributed by atoms with Gasteiger partial charge in [0, 0.05) is 18.7 Å². The normalized spacial score (nSPS) is 14.9. The Hall–Kier alpha value is -2.83. The van der Waals surface area contributed by atoms with Crippen molar-refractivity contribution in [1.82, 2.24) is 14.7 Å². The number of ketones is 1. The molecule has 6 heteroatoms. The summed E-state index contributed by atoms with van der Waals surface area (Å²) in [4.78, 5) is 14.6. The van der Waals surface area contributed by atoms with E-state index in [1.165, 1.54) is 12.1 Å². The molecule has 0 bridgehead atoms. The van der Waals surface area contributed by atoms with Gasteiger partial charge in [0.15, 0.2) is 5.78 Å². The molecule has 1 aliphatic heterocycles. The second-order valence-electron chi connectivity index (χ2n) is 6.88. The third-order valence-electron chi connectivity index (χ3n) is 4.76. The van der Waals surface area contributed by atoms with Gasteiger partial charge in [-0.1, -0.05) is 30.3 Å². The number of benzene rings is 2. The largest absolute Gasteiger partial charge is 0.379 e. The quantitative estimate of drug-likeness (QED) is 0.660. The predicted molar refractivity (Wildman–Crippen MR) is 105 cm³/mol. The molecule has 3 aromatic rings. The number of hydrogen-bond donors (Lipinski definition) is 0. The van der Waals surface area contributed by atoms with E-state index in [1.54, 1.807) is 10.7 Å². The van der Waals surface area contributed by atoms with Crippen LogP contribution in [-0.4, -0.2) is 53.3 Å². The number of para-hydroxylation sites is 1. The Labute approximate surface area is 163 Å². The van der Waals surface area contributed by atoms with Gasteiger partial charge in [-0.2, -0.15) is 5.10 Å². The first-order valence-corrected chi connectivity index (χ1v) is 9.41. The van der Waals surface area contributed by atoms with Gasteiger partial charge < -0.3 is 4.74 Å². The summed E-state index contributed by atoms with van der Waals surface area (Å²) in [6, 6.07) is 18.0. The van der Waals surface area contributed by atoms with Crippen molar-refractivity contribution in [3.63, 3.8) is 0 Å². The zero-order valence-corrected chi connectivity index (χ0v) is 15.6. The molecule has 0 radical (unpaired) electrons. The zero-order chi connectivity index (χ0) is 19.3. The molecule has 0 spiro atoms. The number of halogens is 1. The molecule has 1 aromatic heterocycles. The van der Waals surface area contributed by atoms with E-state index in [2.05, 4.69) is 10.00 Å². The summed E-state index contributed by atoms with van der Waals surface area (Å²) < 4.78 is 20.9. The Morgan fingerprint density at radius 3 is 2.57 bits per heavy atom. The molecule has 0 unspecified atom stereocenters. The van der Waals surface area contributed by atoms with Gasteiger partial charge in [0.05, 0.1) is 43.3 Å². The molecule has 0 amide bonds. The van der Waals surface area contributed by atoms with Gasteiger partial charge in [-0.25, -0.2) is 9.07 Å². The number of ether oxygens (including phenoxy) is 1. The van der Waals surface area contributed by atoms with Crippen LogP contribution in [0.25, 0.3) is 16.9 Å². The monoisotopic (exact) mass is 379 g/mol. The van der Waals surface area contributed by atoms with E-state index in [-0.39, 0.29) is 18.0 Å². The van der Waals surface area contributed by atoms with Crippen LogP contribution in [0, 0.1) is 5.82 Å². The maximum Gasteiger partial charge on any atom is 0.152 e. The first kappa shape index (κ1) is 18.5. The minimum absolute atomic E-state index is 0.116. The Balaban J connectivity index is 1.60. The highest BCUT2D eigenvalue weighted by molar-refractivity contribution is 5.82. The van der Waals surface area contributed by atoms with Crippen LogP contribution < -0.4 is 0 Å². The van der Waals surface area contributed by atoms with Crippen LogP contribution in [0.3, 0.4) is 0 Å². The highest BCUT2D eigenvalue weighted by atomic mass is 19.1. The summed E-state index contributed by atoms with van der Waals surface area (Å²) in [5.41, 5.74) is 3.04. The highest BCUT2D eigenvalue weighted by Crippen LogP contribution is 2.25. The SMILES string of the molecule is O=C(Cc1cc(-c2cccc(F)c2)n(-c2ccccc2)n1)CN1CCOCC1. The summed E-state index contributed by atoms with van der Waals surface area (Å²) in [5.74, 6) is -0.186. The molecule has 2 aromatic carbocycles. The number of nitrogens with zero attached hydrogens (tertiary/aromatic N) is 3. The second kappa shape index (κ2) is 8.46. The standard InChI is InChI=1S/C22H22FN3O2/c23-18-6-4-5-17(13-18)22-15-19(24-26(22)20-7-2-1-3-8-20)14-21(27)16-25-9-11-28-12-10-25/h1-8,13,15H,9-12,14,16H2. The molecule has 0 atom stereocenters. The molecule has 1 aliphatic rings. The van der Waals surface area contributed by atoms with Crippen molar-refractivity contribution in [2.75, 3.05) is 32.8 Å². The van der Waals surface area contributed by atoms with Crippen molar-refractivity contribution in [2.45, 2.75) is 6.42 Å². The lowest BCUT2D eigenvalue weighted by atomic mass is 10.1. The van der Waals surface area contributed by atoms with Gasteiger partial charge in [-0.05, 0) is 30.3 Å². The first-order valence-electron chi connectivity index (χ1n) is 9.41. The van der Waals surface area contributed by atoms with Crippen LogP contribution in [0.1, 0.15) is 5.69 Å². The fraction of sp³-hybridized carbons (Fsp3) is 0.273. The number of carbonyl (C=O) groups is 1. The van der Waals surface area contributed by atoms with E-state index in [0.717, 1.165) is 30.0 Å². The van der Waals surface area contributed by atoms with E-state index >= 15 is 0 Å². The molecule has 0 aliphatic carbocycles. The number of aromatic nitrogens is 2. The third-order valence-corrected chi connectivity index (χ3v) is 4.76. The summed E-state index contributed by atoms with van der Waals surface area (Å²) in [5, 5.41) is 4.65. The average Bonchev–Trinajstić information content (AvgIpc) is 3.13. The van der Waals surface area contributed by atoms with E-state index in [1.807, 2.05) is 42.5 Å². The molecule has 144 valence electrons. The predicted octanol–water partition coefficient (Wildman–Crippen LogP) is 3.12. The lowest BCUT2D eigenvalue weighted by Gasteiger charge is -2.25. The van der Waals surface area contributed by atoms with E-state index in [9.17, 15) is 9.18 Å². The Morgan fingerprint density at radius 1 is 1.04 bits per heavy atom. The molecule has 0 saturated carbocycles. The molecular formula is C22H22FN3O2. The summed E-state index contributed by atoms with van der Waals surface area (Å²) in [6.45, 7) is 3.29. The molecule has 28 heavy (non-hydrogen) atoms. The van der Waals surface area contributed by atoms with Crippen LogP contribution in [0.5, 0.6) is 0 Å². The number of carbonyl (C=O) groups excluding carboxylic acids is 1. The maximum absolute atomic E-state index is 13.8. The molecule has 2 heterocycles. The van der Waals surface area contributed by atoms with Crippen molar-refractivity contribution >= 4 is 5.78 Å². The number of morpholine rings is 1. The van der Waals surface area contributed by atoms with Crippen LogP contribution in [0.2, 0.25) is 0 Å². The van der Waals surface area contributed by atoms with Crippen molar-refractivity contribution in [3.05, 3.63) is 72.2 Å². The smallest absolute Gasteiger partial charge is 0.152 e. The lowest BCUT2D eigenvalue weighted by molar-refractivity contribution is -0.120. The summed E-state index contributed by atoms with van der Waals surface area (Å²) in [7, 11) is 0. The van der Waals surface area contributed by atoms with Crippen molar-refractivity contribution in [1.29, 1.82) is 0 Å². The van der Waals surface area contributed by atoms with Crippen LogP contribution in [0.15, 0.2) is 60.7 Å². The Kier molecular flexibility index (Phi) is 5.60. The number of rotatable bonds is 6. The molecular weight excluding hydrogens is 357 g/mol. The van der Waals surface area contributed by atoms with Crippen molar-refractivity contribution < 1.29 is 13.9 Å². The minimum atomic E-state index is -0.303. The number of hydrogen-bond acceptors (Lipinski definition) is 4. The molecule has 1 saturated heterocycles. The van der Waals surface area contributed by atoms with Gasteiger partial charge in [-0.15, -0.1) is 0 Å². The first-order chi connectivity index (χ1) is 13.7. The second-order valence-corrected chi connectivity index (χ2v) is 6.88. The molecule has 5 nitrogen and oxygen atoms in total. The van der Waals surface area contributed by atoms with Crippen LogP contribution >= 0.6 is 0 Å². The molecule has 1 fully saturated rings. The van der Waals surface area contributed by atoms with Crippen molar-refractivity contribution in [2.24, 2.45) is 0 Å². The van der Waals surface area contributed by atoms with E-state index in [4.69, 9.17) is 4.74 Å². The van der Waals surface area contributed by atoms with Crippen LogP contribution in [-0.2, 0) is 16.0 Å². The Morgan fingerprint density at radius 2 is 1.82 bits per heavy atom. The van der Waals surface area contributed by atoms with E-state index in [0.29, 0.717) is 25.5 Å². The third kappa shape index (κ3) is 4.35. The zero-order valence-electron chi connectivity index (χ0n) is 15.6. The van der Waals surface area contributed by atoms with Gasteiger partial charge in [0.25, 0.3) is 0 Å². The fourth-order valence-electron chi connectivity index (χ4n) is 3.40. The van der Waals surface area contributed by atoms with Crippen molar-refractivity contribution in [3.8, 4) is 16.9 Å². The number of Topliss-reactive ketones (excluding diaryl/α,β-unsaturated/α-hetero) is 1. The summed E-state index contributed by atoms with van der Waals surface area (Å²) >= 11 is 0. The maximum atomic E-state index is 13.8. The highest BCUT2D eigenvalue weighted by Gasteiger charge is 2.18. The minimum Gasteiger partial charge on any atom is -0.379 e. The lowest BCUT2D eigenvalue weighted by Crippen LogP contribution is -2.39. The molecule has 0 N–H and O–H groups in total. The van der Waals surface area contributed by atoms with E-state index < -0.39 is 0 Å². The fourth-order valence-corrected chi connectivity index (χ4v) is 3.40. The van der Waals surface area contributed by atoms with Gasteiger partial charge in [-0.3, -0.25) is 9.69 Å².